The molecule has 3 unspecified atom stereocenters. The minimum absolute atomic E-state index is 0.433. The molecule has 0 aromatic carbocycles. The highest BCUT2D eigenvalue weighted by Crippen LogP contribution is 2.20. The Morgan fingerprint density at radius 1 is 1.47 bits per heavy atom. The highest BCUT2D eigenvalue weighted by molar-refractivity contribution is 5.73. The van der Waals surface area contributed by atoms with Gasteiger partial charge in [0.2, 0.25) is 0 Å². The first-order chi connectivity index (χ1) is 7.06. The Balaban J connectivity index is 2.56. The number of hydrazine groups is 1. The standard InChI is InChI=1S/C11H22N2O2/c1-4-10(11(14)15)12-13-8(2)6-5-7-9(13)3/h8-10,12H,4-7H2,1-3H3,(H,14,15). The smallest absolute Gasteiger partial charge is 0.322 e. The van der Waals surface area contributed by atoms with E-state index in [0.717, 1.165) is 12.8 Å². The van der Waals surface area contributed by atoms with Gasteiger partial charge in [0, 0.05) is 12.1 Å². The van der Waals surface area contributed by atoms with Crippen molar-refractivity contribution in [1.29, 1.82) is 0 Å². The van der Waals surface area contributed by atoms with Crippen LogP contribution in [0, 0.1) is 0 Å². The summed E-state index contributed by atoms with van der Waals surface area (Å²) in [4.78, 5) is 10.9. The van der Waals surface area contributed by atoms with Gasteiger partial charge in [0.05, 0.1) is 0 Å². The minimum atomic E-state index is -0.762. The van der Waals surface area contributed by atoms with Gasteiger partial charge in [-0.25, -0.2) is 10.4 Å². The topological polar surface area (TPSA) is 52.6 Å². The average molecular weight is 214 g/mol. The van der Waals surface area contributed by atoms with Crippen LogP contribution in [0.15, 0.2) is 0 Å². The number of carboxylic acids is 1. The number of carbonyl (C=O) groups is 1. The quantitative estimate of drug-likeness (QED) is 0.746. The van der Waals surface area contributed by atoms with E-state index in [0.29, 0.717) is 18.5 Å². The molecule has 0 aromatic heterocycles. The number of piperidine rings is 1. The van der Waals surface area contributed by atoms with Crippen molar-refractivity contribution >= 4 is 5.97 Å². The fraction of sp³-hybridized carbons (Fsp3) is 0.909. The molecule has 0 saturated carbocycles. The Morgan fingerprint density at radius 2 is 2.00 bits per heavy atom. The largest absolute Gasteiger partial charge is 0.480 e. The van der Waals surface area contributed by atoms with E-state index in [-0.39, 0.29) is 0 Å². The summed E-state index contributed by atoms with van der Waals surface area (Å²) >= 11 is 0. The van der Waals surface area contributed by atoms with Crippen molar-refractivity contribution in [2.24, 2.45) is 0 Å². The summed E-state index contributed by atoms with van der Waals surface area (Å²) in [6.45, 7) is 6.19. The van der Waals surface area contributed by atoms with E-state index in [9.17, 15) is 4.79 Å². The first kappa shape index (κ1) is 12.5. The minimum Gasteiger partial charge on any atom is -0.480 e. The van der Waals surface area contributed by atoms with Crippen molar-refractivity contribution in [3.63, 3.8) is 0 Å². The van der Waals surface area contributed by atoms with Crippen LogP contribution >= 0.6 is 0 Å². The van der Waals surface area contributed by atoms with Gasteiger partial charge in [0.1, 0.15) is 6.04 Å². The molecule has 0 bridgehead atoms. The summed E-state index contributed by atoms with van der Waals surface area (Å²) in [6, 6.07) is 0.414. The second kappa shape index (κ2) is 5.47. The third-order valence-corrected chi connectivity index (χ3v) is 3.20. The summed E-state index contributed by atoms with van der Waals surface area (Å²) in [5.41, 5.74) is 3.14. The van der Waals surface area contributed by atoms with Gasteiger partial charge < -0.3 is 5.11 Å². The van der Waals surface area contributed by atoms with Crippen LogP contribution in [0.25, 0.3) is 0 Å². The Kier molecular flexibility index (Phi) is 4.54. The Bertz CT molecular complexity index is 211. The van der Waals surface area contributed by atoms with Crippen LogP contribution < -0.4 is 5.43 Å². The van der Waals surface area contributed by atoms with Gasteiger partial charge in [0.25, 0.3) is 0 Å². The number of rotatable bonds is 4. The van der Waals surface area contributed by atoms with Crippen molar-refractivity contribution in [3.05, 3.63) is 0 Å². The Hall–Kier alpha value is -0.610. The zero-order valence-corrected chi connectivity index (χ0v) is 9.86. The molecule has 4 nitrogen and oxygen atoms in total. The van der Waals surface area contributed by atoms with Gasteiger partial charge in [0.15, 0.2) is 0 Å². The first-order valence-corrected chi connectivity index (χ1v) is 5.83. The fourth-order valence-electron chi connectivity index (χ4n) is 2.18. The molecule has 4 heteroatoms. The molecule has 0 aromatic rings. The van der Waals surface area contributed by atoms with E-state index in [2.05, 4.69) is 24.3 Å². The molecule has 1 saturated heterocycles. The molecule has 2 N–H and O–H groups in total. The van der Waals surface area contributed by atoms with Gasteiger partial charge in [-0.3, -0.25) is 4.79 Å². The van der Waals surface area contributed by atoms with Crippen molar-refractivity contribution < 1.29 is 9.90 Å². The van der Waals surface area contributed by atoms with E-state index in [4.69, 9.17) is 5.11 Å². The van der Waals surface area contributed by atoms with Crippen LogP contribution in [0.4, 0.5) is 0 Å². The molecule has 1 heterocycles. The average Bonchev–Trinajstić information content (AvgIpc) is 2.17. The zero-order chi connectivity index (χ0) is 11.4. The monoisotopic (exact) mass is 214 g/mol. The van der Waals surface area contributed by atoms with Crippen LogP contribution in [-0.4, -0.2) is 34.2 Å². The van der Waals surface area contributed by atoms with Gasteiger partial charge in [-0.1, -0.05) is 13.3 Å². The van der Waals surface area contributed by atoms with Gasteiger partial charge >= 0.3 is 5.97 Å². The van der Waals surface area contributed by atoms with Crippen LogP contribution in [-0.2, 0) is 4.79 Å². The molecule has 0 radical (unpaired) electrons. The Labute approximate surface area is 91.6 Å². The highest BCUT2D eigenvalue weighted by atomic mass is 16.4. The first-order valence-electron chi connectivity index (χ1n) is 5.83. The molecule has 1 aliphatic rings. The summed E-state index contributed by atoms with van der Waals surface area (Å²) < 4.78 is 0. The van der Waals surface area contributed by atoms with Gasteiger partial charge in [-0.05, 0) is 33.1 Å². The molecular formula is C11H22N2O2. The maximum absolute atomic E-state index is 10.9. The second-order valence-corrected chi connectivity index (χ2v) is 4.46. The second-order valence-electron chi connectivity index (χ2n) is 4.46. The molecule has 88 valence electrons. The van der Waals surface area contributed by atoms with E-state index < -0.39 is 12.0 Å². The zero-order valence-electron chi connectivity index (χ0n) is 9.86. The van der Waals surface area contributed by atoms with Crippen molar-refractivity contribution in [3.8, 4) is 0 Å². The van der Waals surface area contributed by atoms with Gasteiger partial charge in [-0.15, -0.1) is 0 Å². The van der Waals surface area contributed by atoms with E-state index in [1.165, 1.54) is 6.42 Å². The summed E-state index contributed by atoms with van der Waals surface area (Å²) in [5, 5.41) is 11.1. The molecule has 1 aliphatic heterocycles. The third kappa shape index (κ3) is 3.18. The normalized spacial score (nSPS) is 30.1. The van der Waals surface area contributed by atoms with Crippen molar-refractivity contribution in [1.82, 2.24) is 10.4 Å². The lowest BCUT2D eigenvalue weighted by molar-refractivity contribution is -0.142. The number of hydrogen-bond donors (Lipinski definition) is 2. The van der Waals surface area contributed by atoms with Crippen LogP contribution in [0.2, 0.25) is 0 Å². The molecule has 1 rings (SSSR count). The third-order valence-electron chi connectivity index (χ3n) is 3.20. The van der Waals surface area contributed by atoms with Gasteiger partial charge in [-0.2, -0.15) is 0 Å². The van der Waals surface area contributed by atoms with E-state index in [1.54, 1.807) is 0 Å². The predicted molar refractivity (Wildman–Crippen MR) is 59.5 cm³/mol. The molecule has 3 atom stereocenters. The maximum Gasteiger partial charge on any atom is 0.322 e. The molecule has 15 heavy (non-hydrogen) atoms. The van der Waals surface area contributed by atoms with Crippen molar-refractivity contribution in [2.75, 3.05) is 0 Å². The SMILES string of the molecule is CCC(NN1C(C)CCCC1C)C(=O)O. The molecular weight excluding hydrogens is 192 g/mol. The van der Waals surface area contributed by atoms with E-state index in [1.807, 2.05) is 6.92 Å². The molecule has 1 fully saturated rings. The molecule has 0 amide bonds. The summed E-state index contributed by atoms with van der Waals surface area (Å²) in [7, 11) is 0. The van der Waals surface area contributed by atoms with Crippen molar-refractivity contribution in [2.45, 2.75) is 64.6 Å². The predicted octanol–water partition coefficient (Wildman–Crippen LogP) is 1.62. The van der Waals surface area contributed by atoms with Crippen LogP contribution in [0.1, 0.15) is 46.5 Å². The lowest BCUT2D eigenvalue weighted by Gasteiger charge is -2.40. The van der Waals surface area contributed by atoms with Crippen LogP contribution in [0.3, 0.4) is 0 Å². The highest BCUT2D eigenvalue weighted by Gasteiger charge is 2.28. The summed E-state index contributed by atoms with van der Waals surface area (Å²) in [6.07, 6.45) is 4.15. The lowest BCUT2D eigenvalue weighted by atomic mass is 9.99. The lowest BCUT2D eigenvalue weighted by Crippen LogP contribution is -2.57. The molecule has 0 spiro atoms. The summed E-state index contributed by atoms with van der Waals surface area (Å²) in [5.74, 6) is -0.762. The number of nitrogens with zero attached hydrogens (tertiary/aromatic N) is 1. The van der Waals surface area contributed by atoms with Crippen LogP contribution in [0.5, 0.6) is 0 Å². The number of hydrogen-bond acceptors (Lipinski definition) is 3. The number of carboxylic acid groups (broad SMARTS) is 1. The fourth-order valence-corrected chi connectivity index (χ4v) is 2.18. The number of aliphatic carboxylic acids is 1. The molecule has 0 aliphatic carbocycles. The van der Waals surface area contributed by atoms with E-state index >= 15 is 0 Å². The Morgan fingerprint density at radius 3 is 2.40 bits per heavy atom. The number of nitrogens with one attached hydrogen (secondary N) is 1. The maximum atomic E-state index is 10.9.